The number of carboxylic acids is 1. The highest BCUT2D eigenvalue weighted by Crippen LogP contribution is 2.31. The molecule has 0 radical (unpaired) electrons. The minimum Gasteiger partial charge on any atom is -0.545 e. The second kappa shape index (κ2) is 5.46. The van der Waals surface area contributed by atoms with Gasteiger partial charge in [0.2, 0.25) is 0 Å². The number of benzene rings is 3. The first-order chi connectivity index (χ1) is 11.6. The maximum atomic E-state index is 11.6. The van der Waals surface area contributed by atoms with Crippen molar-refractivity contribution in [1.29, 1.82) is 0 Å². The van der Waals surface area contributed by atoms with Crippen LogP contribution in [0.3, 0.4) is 0 Å². The molecular formula is C21H14NO2-. The van der Waals surface area contributed by atoms with E-state index in [-0.39, 0.29) is 5.56 Å². The summed E-state index contributed by atoms with van der Waals surface area (Å²) in [6.45, 7) is 1.93. The lowest BCUT2D eigenvalue weighted by molar-refractivity contribution is -0.254. The molecule has 0 amide bonds. The summed E-state index contributed by atoms with van der Waals surface area (Å²) >= 11 is 0. The van der Waals surface area contributed by atoms with Crippen molar-refractivity contribution in [2.75, 3.05) is 0 Å². The smallest absolute Gasteiger partial charge is 0.0745 e. The molecule has 0 atom stereocenters. The van der Waals surface area contributed by atoms with Crippen molar-refractivity contribution in [3.63, 3.8) is 0 Å². The monoisotopic (exact) mass is 312 g/mol. The minimum absolute atomic E-state index is 0.173. The molecule has 0 aliphatic carbocycles. The van der Waals surface area contributed by atoms with Gasteiger partial charge in [-0.25, -0.2) is 4.98 Å². The number of aromatic nitrogens is 1. The van der Waals surface area contributed by atoms with Crippen LogP contribution in [0.5, 0.6) is 0 Å². The molecule has 0 fully saturated rings. The molecule has 1 heterocycles. The van der Waals surface area contributed by atoms with E-state index in [9.17, 15) is 9.90 Å². The predicted octanol–water partition coefficient (Wildman–Crippen LogP) is 3.73. The van der Waals surface area contributed by atoms with Crippen LogP contribution in [0.15, 0.2) is 66.7 Å². The number of carboxylic acid groups (broad SMARTS) is 1. The van der Waals surface area contributed by atoms with Gasteiger partial charge in [-0.05, 0) is 29.3 Å². The van der Waals surface area contributed by atoms with Crippen LogP contribution in [0.1, 0.15) is 15.9 Å². The van der Waals surface area contributed by atoms with Crippen molar-refractivity contribution < 1.29 is 9.90 Å². The Morgan fingerprint density at radius 3 is 2.46 bits per heavy atom. The molecule has 0 saturated heterocycles. The molecule has 0 unspecified atom stereocenters. The second-order valence-electron chi connectivity index (χ2n) is 5.84. The van der Waals surface area contributed by atoms with E-state index in [0.717, 1.165) is 21.9 Å². The highest BCUT2D eigenvalue weighted by molar-refractivity contribution is 6.05. The number of hydrogen-bond donors (Lipinski definition) is 0. The Kier molecular flexibility index (Phi) is 3.28. The van der Waals surface area contributed by atoms with E-state index in [1.54, 1.807) is 12.1 Å². The van der Waals surface area contributed by atoms with E-state index in [1.165, 1.54) is 0 Å². The first-order valence-corrected chi connectivity index (χ1v) is 7.75. The van der Waals surface area contributed by atoms with Gasteiger partial charge in [0.25, 0.3) is 0 Å². The number of hydrogen-bond acceptors (Lipinski definition) is 3. The molecule has 0 saturated carbocycles. The van der Waals surface area contributed by atoms with E-state index in [2.05, 4.69) is 0 Å². The second-order valence-corrected chi connectivity index (χ2v) is 5.84. The summed E-state index contributed by atoms with van der Waals surface area (Å²) < 4.78 is 0. The topological polar surface area (TPSA) is 53.0 Å². The van der Waals surface area contributed by atoms with Crippen LogP contribution >= 0.6 is 0 Å². The van der Waals surface area contributed by atoms with Crippen LogP contribution in [0, 0.1) is 6.92 Å². The Balaban J connectivity index is 2.10. The van der Waals surface area contributed by atoms with Crippen LogP contribution in [0.2, 0.25) is 0 Å². The number of aryl methyl sites for hydroxylation is 1. The summed E-state index contributed by atoms with van der Waals surface area (Å²) in [5.41, 5.74) is 3.37. The molecule has 0 aliphatic rings. The number of rotatable bonds is 2. The zero-order valence-corrected chi connectivity index (χ0v) is 13.1. The first-order valence-electron chi connectivity index (χ1n) is 7.75. The van der Waals surface area contributed by atoms with Crippen LogP contribution in [0.4, 0.5) is 0 Å². The number of fused-ring (bicyclic) bond motifs is 2. The van der Waals surface area contributed by atoms with E-state index in [0.29, 0.717) is 16.6 Å². The maximum absolute atomic E-state index is 11.6. The Bertz CT molecular complexity index is 1090. The highest BCUT2D eigenvalue weighted by Gasteiger charge is 2.11. The number of aromatic carboxylic acids is 1. The van der Waals surface area contributed by atoms with E-state index in [1.807, 2.05) is 61.5 Å². The summed E-state index contributed by atoms with van der Waals surface area (Å²) in [5.74, 6) is -1.19. The van der Waals surface area contributed by atoms with Gasteiger partial charge in [-0.2, -0.15) is 0 Å². The van der Waals surface area contributed by atoms with Crippen molar-refractivity contribution >= 4 is 27.6 Å². The molecule has 4 rings (SSSR count). The summed E-state index contributed by atoms with van der Waals surface area (Å²) in [6, 6.07) is 21.1. The largest absolute Gasteiger partial charge is 0.545 e. The molecule has 3 nitrogen and oxygen atoms in total. The van der Waals surface area contributed by atoms with Gasteiger partial charge in [-0.3, -0.25) is 0 Å². The lowest BCUT2D eigenvalue weighted by Crippen LogP contribution is -2.22. The third-order valence-electron chi connectivity index (χ3n) is 4.33. The third kappa shape index (κ3) is 2.22. The Morgan fingerprint density at radius 1 is 0.917 bits per heavy atom. The number of pyridine rings is 1. The average Bonchev–Trinajstić information content (AvgIpc) is 2.61. The molecule has 116 valence electrons. The van der Waals surface area contributed by atoms with Crippen molar-refractivity contribution in [2.24, 2.45) is 0 Å². The van der Waals surface area contributed by atoms with Gasteiger partial charge in [-0.15, -0.1) is 0 Å². The molecule has 3 heteroatoms. The Morgan fingerprint density at radius 2 is 1.62 bits per heavy atom. The Labute approximate surface area is 139 Å². The normalized spacial score (nSPS) is 11.0. The fourth-order valence-electron chi connectivity index (χ4n) is 3.15. The molecule has 3 aromatic carbocycles. The fraction of sp³-hybridized carbons (Fsp3) is 0.0476. The summed E-state index contributed by atoms with van der Waals surface area (Å²) in [5, 5.41) is 14.4. The number of carbonyl (C=O) groups is 1. The zero-order valence-electron chi connectivity index (χ0n) is 13.1. The molecular weight excluding hydrogens is 298 g/mol. The summed E-state index contributed by atoms with van der Waals surface area (Å²) in [7, 11) is 0. The molecule has 0 aliphatic heterocycles. The summed E-state index contributed by atoms with van der Waals surface area (Å²) in [4.78, 5) is 16.4. The van der Waals surface area contributed by atoms with E-state index >= 15 is 0 Å². The van der Waals surface area contributed by atoms with Crippen molar-refractivity contribution in [1.82, 2.24) is 4.98 Å². The predicted molar refractivity (Wildman–Crippen MR) is 93.8 cm³/mol. The van der Waals surface area contributed by atoms with Crippen molar-refractivity contribution in [2.45, 2.75) is 6.92 Å². The molecule has 1 aromatic heterocycles. The molecule has 0 N–H and O–H groups in total. The van der Waals surface area contributed by atoms with Gasteiger partial charge >= 0.3 is 0 Å². The van der Waals surface area contributed by atoms with Crippen LogP contribution in [-0.4, -0.2) is 11.0 Å². The Hall–Kier alpha value is -3.20. The van der Waals surface area contributed by atoms with Gasteiger partial charge in [0.15, 0.2) is 0 Å². The average molecular weight is 312 g/mol. The van der Waals surface area contributed by atoms with Gasteiger partial charge in [-0.1, -0.05) is 60.7 Å². The molecule has 24 heavy (non-hydrogen) atoms. The number of para-hydroxylation sites is 1. The van der Waals surface area contributed by atoms with Crippen LogP contribution < -0.4 is 5.11 Å². The highest BCUT2D eigenvalue weighted by atomic mass is 16.4. The quantitative estimate of drug-likeness (QED) is 0.567. The molecule has 0 bridgehead atoms. The van der Waals surface area contributed by atoms with Gasteiger partial charge in [0.1, 0.15) is 0 Å². The van der Waals surface area contributed by atoms with Gasteiger partial charge < -0.3 is 9.90 Å². The minimum atomic E-state index is -1.19. The lowest BCUT2D eigenvalue weighted by Gasteiger charge is -2.13. The summed E-state index contributed by atoms with van der Waals surface area (Å²) in [6.07, 6.45) is 0. The zero-order chi connectivity index (χ0) is 16.7. The van der Waals surface area contributed by atoms with Crippen molar-refractivity contribution in [3.8, 4) is 11.3 Å². The standard InChI is InChI=1S/C21H15NO2/c1-13-6-4-11-17-18(21(23)24)12-19(22-20(13)17)16-10-5-8-14-7-2-3-9-15(14)16/h2-12H,1H3,(H,23,24)/p-1. The SMILES string of the molecule is Cc1cccc2c(C(=O)[O-])cc(-c3cccc4ccccc34)nc12. The fourth-order valence-corrected chi connectivity index (χ4v) is 3.15. The lowest BCUT2D eigenvalue weighted by atomic mass is 9.98. The number of nitrogens with zero attached hydrogens (tertiary/aromatic N) is 1. The van der Waals surface area contributed by atoms with E-state index < -0.39 is 5.97 Å². The van der Waals surface area contributed by atoms with Gasteiger partial charge in [0.05, 0.1) is 17.2 Å². The molecule has 4 aromatic rings. The van der Waals surface area contributed by atoms with Crippen molar-refractivity contribution in [3.05, 3.63) is 77.9 Å². The van der Waals surface area contributed by atoms with Gasteiger partial charge in [0, 0.05) is 16.5 Å². The van der Waals surface area contributed by atoms with Crippen LogP contribution in [-0.2, 0) is 0 Å². The number of carbonyl (C=O) groups excluding carboxylic acids is 1. The third-order valence-corrected chi connectivity index (χ3v) is 4.33. The van der Waals surface area contributed by atoms with E-state index in [4.69, 9.17) is 4.98 Å². The maximum Gasteiger partial charge on any atom is 0.0745 e. The van der Waals surface area contributed by atoms with Crippen LogP contribution in [0.25, 0.3) is 32.9 Å². The molecule has 0 spiro atoms. The first kappa shape index (κ1) is 14.4.